The molecule has 1 aliphatic heterocycles. The first-order valence-electron chi connectivity index (χ1n) is 2.47. The van der Waals surface area contributed by atoms with Gasteiger partial charge in [0.05, 0.1) is 0 Å². The quantitative estimate of drug-likeness (QED) is 0.468. The number of nitrogens with zero attached hydrogens (tertiary/aromatic N) is 2. The van der Waals surface area contributed by atoms with E-state index >= 15 is 0 Å². The lowest BCUT2D eigenvalue weighted by molar-refractivity contribution is 0.424. The highest BCUT2D eigenvalue weighted by molar-refractivity contribution is 5.72. The molecule has 0 aromatic rings. The van der Waals surface area contributed by atoms with Crippen LogP contribution in [-0.2, 0) is 0 Å². The van der Waals surface area contributed by atoms with Crippen molar-refractivity contribution in [1.82, 2.24) is 4.90 Å². The van der Waals surface area contributed by atoms with Crippen molar-refractivity contribution in [1.29, 1.82) is 0 Å². The van der Waals surface area contributed by atoms with Gasteiger partial charge in [0.1, 0.15) is 12.5 Å². The van der Waals surface area contributed by atoms with Crippen molar-refractivity contribution in [3.8, 4) is 0 Å². The fourth-order valence-electron chi connectivity index (χ4n) is 0.508. The van der Waals surface area contributed by atoms with Crippen molar-refractivity contribution in [2.45, 2.75) is 0 Å². The summed E-state index contributed by atoms with van der Waals surface area (Å²) in [4.78, 5) is 5.83. The summed E-state index contributed by atoms with van der Waals surface area (Å²) in [6, 6.07) is 0. The largest absolute Gasteiger partial charge is 0.385 e. The van der Waals surface area contributed by atoms with E-state index in [2.05, 4.69) is 4.99 Å². The van der Waals surface area contributed by atoms with Gasteiger partial charge in [-0.25, -0.2) is 0 Å². The van der Waals surface area contributed by atoms with Gasteiger partial charge in [0.2, 0.25) is 0 Å². The van der Waals surface area contributed by atoms with Crippen molar-refractivity contribution >= 4 is 6.21 Å². The van der Waals surface area contributed by atoms with Crippen LogP contribution in [0.4, 0.5) is 0 Å². The highest BCUT2D eigenvalue weighted by Gasteiger charge is 1.98. The maximum Gasteiger partial charge on any atom is 0.111 e. The van der Waals surface area contributed by atoms with Gasteiger partial charge in [-0.05, 0) is 6.08 Å². The van der Waals surface area contributed by atoms with Gasteiger partial charge < -0.3 is 10.6 Å². The zero-order chi connectivity index (χ0) is 5.98. The Kier molecular flexibility index (Phi) is 1.20. The van der Waals surface area contributed by atoms with Gasteiger partial charge in [-0.3, -0.25) is 4.99 Å². The van der Waals surface area contributed by atoms with Crippen LogP contribution in [0.15, 0.2) is 16.9 Å². The minimum absolute atomic E-state index is 0.683. The Balaban J connectivity index is 2.66. The van der Waals surface area contributed by atoms with Crippen molar-refractivity contribution in [3.63, 3.8) is 0 Å². The molecule has 1 aliphatic rings. The van der Waals surface area contributed by atoms with Gasteiger partial charge >= 0.3 is 0 Å². The average Bonchev–Trinajstić information content (AvgIpc) is 1.77. The molecule has 0 amide bonds. The molecule has 2 N–H and O–H groups in total. The highest BCUT2D eigenvalue weighted by atomic mass is 15.2. The molecule has 0 aromatic heterocycles. The van der Waals surface area contributed by atoms with Crippen LogP contribution in [0.3, 0.4) is 0 Å². The van der Waals surface area contributed by atoms with Crippen LogP contribution in [0.5, 0.6) is 0 Å². The minimum atomic E-state index is 0.683. The van der Waals surface area contributed by atoms with Gasteiger partial charge in [-0.15, -0.1) is 0 Å². The Morgan fingerprint density at radius 3 is 3.00 bits per heavy atom. The molecule has 8 heavy (non-hydrogen) atoms. The van der Waals surface area contributed by atoms with Crippen LogP contribution in [0.1, 0.15) is 0 Å². The van der Waals surface area contributed by atoms with Crippen LogP contribution in [-0.4, -0.2) is 24.8 Å². The zero-order valence-corrected chi connectivity index (χ0v) is 4.83. The summed E-state index contributed by atoms with van der Waals surface area (Å²) in [6.45, 7) is 0.683. The van der Waals surface area contributed by atoms with E-state index in [-0.39, 0.29) is 0 Å². The van der Waals surface area contributed by atoms with Gasteiger partial charge in [-0.1, -0.05) is 0 Å². The molecule has 0 atom stereocenters. The summed E-state index contributed by atoms with van der Waals surface area (Å²) in [5, 5.41) is 0. The first-order chi connectivity index (χ1) is 3.80. The van der Waals surface area contributed by atoms with Crippen LogP contribution in [0.25, 0.3) is 0 Å². The van der Waals surface area contributed by atoms with Crippen LogP contribution < -0.4 is 5.73 Å². The number of hydrogen-bond acceptors (Lipinski definition) is 3. The molecule has 0 saturated heterocycles. The molecular formula is C5H9N3. The van der Waals surface area contributed by atoms with Crippen LogP contribution >= 0.6 is 0 Å². The summed E-state index contributed by atoms with van der Waals surface area (Å²) in [7, 11) is 1.91. The van der Waals surface area contributed by atoms with E-state index < -0.39 is 0 Å². The lowest BCUT2D eigenvalue weighted by Crippen LogP contribution is -2.25. The molecule has 0 spiro atoms. The SMILES string of the molecule is CN1CN=CC=C1N. The zero-order valence-electron chi connectivity index (χ0n) is 4.83. The molecule has 0 bridgehead atoms. The number of nitrogens with two attached hydrogens (primary N) is 1. The Morgan fingerprint density at radius 1 is 1.88 bits per heavy atom. The van der Waals surface area contributed by atoms with Gasteiger partial charge in [-0.2, -0.15) is 0 Å². The molecule has 3 heteroatoms. The summed E-state index contributed by atoms with van der Waals surface area (Å²) in [5.74, 6) is 0.778. The van der Waals surface area contributed by atoms with E-state index in [4.69, 9.17) is 5.73 Å². The molecule has 0 fully saturated rings. The third-order valence-electron chi connectivity index (χ3n) is 1.09. The second kappa shape index (κ2) is 1.86. The summed E-state index contributed by atoms with van der Waals surface area (Å²) < 4.78 is 0. The molecule has 0 aliphatic carbocycles. The van der Waals surface area contributed by atoms with Crippen LogP contribution in [0, 0.1) is 0 Å². The molecular weight excluding hydrogens is 102 g/mol. The summed E-state index contributed by atoms with van der Waals surface area (Å²) in [5.41, 5.74) is 5.47. The maximum absolute atomic E-state index is 5.47. The Hall–Kier alpha value is -0.990. The number of aliphatic imine (C=N–C) groups is 1. The van der Waals surface area contributed by atoms with Crippen LogP contribution in [0.2, 0.25) is 0 Å². The van der Waals surface area contributed by atoms with E-state index in [1.54, 1.807) is 12.3 Å². The predicted octanol–water partition coefficient (Wildman–Crippen LogP) is -0.240. The normalized spacial score (nSPS) is 18.6. The topological polar surface area (TPSA) is 41.6 Å². The lowest BCUT2D eigenvalue weighted by Gasteiger charge is -2.18. The predicted molar refractivity (Wildman–Crippen MR) is 33.4 cm³/mol. The second-order valence-corrected chi connectivity index (χ2v) is 1.76. The number of allylic oxidation sites excluding steroid dienone is 1. The molecule has 0 saturated carbocycles. The number of hydrogen-bond donors (Lipinski definition) is 1. The molecule has 3 nitrogen and oxygen atoms in total. The Labute approximate surface area is 48.5 Å². The van der Waals surface area contributed by atoms with E-state index in [9.17, 15) is 0 Å². The molecule has 0 aromatic carbocycles. The maximum atomic E-state index is 5.47. The monoisotopic (exact) mass is 111 g/mol. The van der Waals surface area contributed by atoms with Gasteiger partial charge in [0.15, 0.2) is 0 Å². The van der Waals surface area contributed by atoms with E-state index in [1.165, 1.54) is 0 Å². The minimum Gasteiger partial charge on any atom is -0.385 e. The van der Waals surface area contributed by atoms with Gasteiger partial charge in [0, 0.05) is 13.3 Å². The van der Waals surface area contributed by atoms with Gasteiger partial charge in [0.25, 0.3) is 0 Å². The molecule has 0 radical (unpaired) electrons. The standard InChI is InChI=1S/C5H9N3/c1-8-4-7-3-2-5(8)6/h2-3H,4,6H2,1H3. The van der Waals surface area contributed by atoms with Crippen molar-refractivity contribution < 1.29 is 0 Å². The van der Waals surface area contributed by atoms with Crippen molar-refractivity contribution in [3.05, 3.63) is 11.9 Å². The average molecular weight is 111 g/mol. The molecule has 0 unspecified atom stereocenters. The van der Waals surface area contributed by atoms with Crippen molar-refractivity contribution in [2.24, 2.45) is 10.7 Å². The first-order valence-corrected chi connectivity index (χ1v) is 2.47. The third kappa shape index (κ3) is 0.804. The fourth-order valence-corrected chi connectivity index (χ4v) is 0.508. The molecule has 1 heterocycles. The molecule has 44 valence electrons. The van der Waals surface area contributed by atoms with E-state index in [0.717, 1.165) is 5.82 Å². The Bertz CT molecular complexity index is 137. The molecule has 1 rings (SSSR count). The highest BCUT2D eigenvalue weighted by Crippen LogP contribution is 1.95. The van der Waals surface area contributed by atoms with Crippen molar-refractivity contribution in [2.75, 3.05) is 13.7 Å². The smallest absolute Gasteiger partial charge is 0.111 e. The first kappa shape index (κ1) is 5.15. The third-order valence-corrected chi connectivity index (χ3v) is 1.09. The Morgan fingerprint density at radius 2 is 2.62 bits per heavy atom. The number of rotatable bonds is 0. The summed E-state index contributed by atoms with van der Waals surface area (Å²) >= 11 is 0. The lowest BCUT2D eigenvalue weighted by atomic mass is 10.5. The fraction of sp³-hybridized carbons (Fsp3) is 0.400. The van der Waals surface area contributed by atoms with E-state index in [1.807, 2.05) is 11.9 Å². The van der Waals surface area contributed by atoms with E-state index in [0.29, 0.717) is 6.67 Å². The summed E-state index contributed by atoms with van der Waals surface area (Å²) in [6.07, 6.45) is 3.50. The second-order valence-electron chi connectivity index (χ2n) is 1.76.